The minimum Gasteiger partial charge on any atom is -0.494 e. The molecule has 4 N–H and O–H groups in total. The summed E-state index contributed by atoms with van der Waals surface area (Å²) < 4.78 is 5.52. The number of aromatic nitrogens is 2. The van der Waals surface area contributed by atoms with Gasteiger partial charge in [0.2, 0.25) is 11.9 Å². The van der Waals surface area contributed by atoms with Crippen molar-refractivity contribution in [2.45, 2.75) is 19.4 Å². The number of nitrogens with zero attached hydrogens (tertiary/aromatic N) is 4. The van der Waals surface area contributed by atoms with E-state index in [4.69, 9.17) is 15.5 Å². The van der Waals surface area contributed by atoms with Crippen molar-refractivity contribution >= 4 is 40.0 Å². The maximum atomic E-state index is 11.5. The topological polar surface area (TPSA) is 129 Å². The van der Waals surface area contributed by atoms with Crippen LogP contribution in [0, 0.1) is 11.3 Å². The summed E-state index contributed by atoms with van der Waals surface area (Å²) in [5, 5.41) is 16.3. The average Bonchev–Trinajstić information content (AvgIpc) is 3.21. The molecule has 3 aromatic rings. The lowest BCUT2D eigenvalue weighted by molar-refractivity contribution is -0.119. The van der Waals surface area contributed by atoms with E-state index >= 15 is 0 Å². The van der Waals surface area contributed by atoms with Crippen molar-refractivity contribution in [2.75, 3.05) is 36.1 Å². The number of amides is 1. The normalized spacial score (nSPS) is 15.5. The Balaban J connectivity index is 1.75. The van der Waals surface area contributed by atoms with Crippen molar-refractivity contribution in [3.05, 3.63) is 42.0 Å². The van der Waals surface area contributed by atoms with Crippen molar-refractivity contribution in [1.29, 1.82) is 5.26 Å². The molecule has 1 aliphatic heterocycles. The minimum absolute atomic E-state index is 0.0416. The number of fused-ring (bicyclic) bond motifs is 1. The predicted octanol–water partition coefficient (Wildman–Crippen LogP) is 2.55. The first-order valence-electron chi connectivity index (χ1n) is 9.92. The number of anilines is 4. The maximum Gasteiger partial charge on any atom is 0.229 e. The quantitative estimate of drug-likeness (QED) is 0.540. The van der Waals surface area contributed by atoms with Crippen LogP contribution in [-0.4, -0.2) is 42.1 Å². The number of nitrogen functional groups attached to an aromatic ring is 1. The molecule has 0 saturated carbocycles. The van der Waals surface area contributed by atoms with Gasteiger partial charge in [0.15, 0.2) is 0 Å². The number of benzene rings is 2. The number of nitrogens with two attached hydrogens (primary N) is 1. The minimum atomic E-state index is -0.0416. The lowest BCUT2D eigenvalue weighted by Crippen LogP contribution is -2.35. The molecule has 1 aliphatic rings. The smallest absolute Gasteiger partial charge is 0.229 e. The molecule has 0 unspecified atom stereocenters. The van der Waals surface area contributed by atoms with E-state index < -0.39 is 0 Å². The van der Waals surface area contributed by atoms with E-state index in [1.165, 1.54) is 6.92 Å². The monoisotopic (exact) mass is 417 g/mol. The highest BCUT2D eigenvalue weighted by Crippen LogP contribution is 2.33. The van der Waals surface area contributed by atoms with Gasteiger partial charge >= 0.3 is 0 Å². The number of carbonyl (C=O) groups is 1. The van der Waals surface area contributed by atoms with E-state index in [0.29, 0.717) is 40.7 Å². The summed E-state index contributed by atoms with van der Waals surface area (Å²) >= 11 is 0. The molecule has 31 heavy (non-hydrogen) atoms. The summed E-state index contributed by atoms with van der Waals surface area (Å²) in [5.41, 5.74) is 7.95. The maximum absolute atomic E-state index is 11.5. The van der Waals surface area contributed by atoms with Gasteiger partial charge in [-0.2, -0.15) is 10.2 Å². The highest BCUT2D eigenvalue weighted by atomic mass is 16.5. The first-order valence-corrected chi connectivity index (χ1v) is 9.92. The van der Waals surface area contributed by atoms with E-state index in [1.807, 2.05) is 18.2 Å². The molecule has 0 aliphatic carbocycles. The third-order valence-corrected chi connectivity index (χ3v) is 5.21. The van der Waals surface area contributed by atoms with Crippen molar-refractivity contribution in [1.82, 2.24) is 15.3 Å². The van der Waals surface area contributed by atoms with Crippen LogP contribution in [0.5, 0.6) is 5.75 Å². The second-order valence-corrected chi connectivity index (χ2v) is 7.40. The van der Waals surface area contributed by atoms with E-state index in [1.54, 1.807) is 25.3 Å². The molecule has 158 valence electrons. The Morgan fingerprint density at radius 2 is 2.16 bits per heavy atom. The summed E-state index contributed by atoms with van der Waals surface area (Å²) in [6.45, 7) is 2.94. The first-order chi connectivity index (χ1) is 15.0. The zero-order valence-corrected chi connectivity index (χ0v) is 17.3. The molecule has 0 radical (unpaired) electrons. The Hall–Kier alpha value is -4.06. The van der Waals surface area contributed by atoms with Gasteiger partial charge in [-0.25, -0.2) is 4.98 Å². The number of ether oxygens (including phenoxy) is 1. The summed E-state index contributed by atoms with van der Waals surface area (Å²) in [4.78, 5) is 23.0. The third-order valence-electron chi connectivity index (χ3n) is 5.21. The second kappa shape index (κ2) is 8.36. The highest BCUT2D eigenvalue weighted by Gasteiger charge is 2.26. The van der Waals surface area contributed by atoms with Crippen LogP contribution in [-0.2, 0) is 4.79 Å². The molecule has 1 aromatic heterocycles. The van der Waals surface area contributed by atoms with Gasteiger partial charge in [0.05, 0.1) is 12.7 Å². The Morgan fingerprint density at radius 3 is 2.90 bits per heavy atom. The van der Waals surface area contributed by atoms with Gasteiger partial charge < -0.3 is 26.0 Å². The predicted molar refractivity (Wildman–Crippen MR) is 119 cm³/mol. The van der Waals surface area contributed by atoms with Gasteiger partial charge in [0, 0.05) is 42.8 Å². The van der Waals surface area contributed by atoms with Crippen molar-refractivity contribution in [2.24, 2.45) is 0 Å². The zero-order chi connectivity index (χ0) is 22.0. The van der Waals surface area contributed by atoms with E-state index in [2.05, 4.69) is 26.6 Å². The van der Waals surface area contributed by atoms with Crippen LogP contribution in [0.25, 0.3) is 10.9 Å². The molecule has 4 rings (SSSR count). The fourth-order valence-electron chi connectivity index (χ4n) is 3.79. The van der Waals surface area contributed by atoms with Crippen LogP contribution in [0.1, 0.15) is 18.9 Å². The fraction of sp³-hybridized carbons (Fsp3) is 0.273. The third kappa shape index (κ3) is 4.14. The van der Waals surface area contributed by atoms with E-state index in [0.717, 1.165) is 24.2 Å². The summed E-state index contributed by atoms with van der Waals surface area (Å²) in [6, 6.07) is 13.0. The van der Waals surface area contributed by atoms with Gasteiger partial charge in [-0.1, -0.05) is 6.07 Å². The molecule has 1 atom stereocenters. The fourth-order valence-corrected chi connectivity index (χ4v) is 3.79. The standard InChI is InChI=1S/C22H23N7O2/c1-13(30)25-16-8-9-29(12-16)21-17-4-3-5-19(31-2)20(17)27-22(28-21)26-15-6-7-18(24)14(10-15)11-23/h3-7,10,16H,8-9,12,24H2,1-2H3,(H,25,30)(H,26,27,28)/t16-/m0/s1. The Bertz CT molecular complexity index is 1190. The van der Waals surface area contributed by atoms with E-state index in [9.17, 15) is 10.1 Å². The van der Waals surface area contributed by atoms with Crippen LogP contribution in [0.2, 0.25) is 0 Å². The largest absolute Gasteiger partial charge is 0.494 e. The molecule has 9 nitrogen and oxygen atoms in total. The van der Waals surface area contributed by atoms with Crippen LogP contribution >= 0.6 is 0 Å². The number of hydrogen-bond acceptors (Lipinski definition) is 8. The molecular weight excluding hydrogens is 394 g/mol. The summed E-state index contributed by atoms with van der Waals surface area (Å²) in [5.74, 6) is 1.73. The van der Waals surface area contributed by atoms with Gasteiger partial charge in [-0.15, -0.1) is 0 Å². The number of methoxy groups -OCH3 is 1. The van der Waals surface area contributed by atoms with Gasteiger partial charge in [0.25, 0.3) is 0 Å². The molecule has 1 saturated heterocycles. The lowest BCUT2D eigenvalue weighted by Gasteiger charge is -2.21. The molecule has 2 heterocycles. The first kappa shape index (κ1) is 20.2. The zero-order valence-electron chi connectivity index (χ0n) is 17.3. The Labute approximate surface area is 179 Å². The SMILES string of the molecule is COc1cccc2c(N3CC[C@H](NC(C)=O)C3)nc(Nc3ccc(N)c(C#N)c3)nc12. The molecule has 0 bridgehead atoms. The van der Waals surface area contributed by atoms with Crippen molar-refractivity contribution < 1.29 is 9.53 Å². The molecule has 1 fully saturated rings. The number of carbonyl (C=O) groups excluding carboxylic acids is 1. The number of nitriles is 1. The molecular formula is C22H23N7O2. The number of hydrogen-bond donors (Lipinski definition) is 3. The lowest BCUT2D eigenvalue weighted by atomic mass is 10.2. The average molecular weight is 417 g/mol. The molecule has 9 heteroatoms. The second-order valence-electron chi connectivity index (χ2n) is 7.40. The van der Waals surface area contributed by atoms with Crippen molar-refractivity contribution in [3.63, 3.8) is 0 Å². The van der Waals surface area contributed by atoms with Crippen LogP contribution in [0.15, 0.2) is 36.4 Å². The summed E-state index contributed by atoms with van der Waals surface area (Å²) in [7, 11) is 1.60. The van der Waals surface area contributed by atoms with Gasteiger partial charge in [-0.3, -0.25) is 4.79 Å². The van der Waals surface area contributed by atoms with E-state index in [-0.39, 0.29) is 11.9 Å². The molecule has 1 amide bonds. The van der Waals surface area contributed by atoms with Crippen molar-refractivity contribution in [3.8, 4) is 11.8 Å². The van der Waals surface area contributed by atoms with Gasteiger partial charge in [-0.05, 0) is 36.8 Å². The van der Waals surface area contributed by atoms with Crippen LogP contribution < -0.4 is 26.0 Å². The molecule has 2 aromatic carbocycles. The highest BCUT2D eigenvalue weighted by molar-refractivity contribution is 5.94. The Morgan fingerprint density at radius 1 is 1.32 bits per heavy atom. The number of para-hydroxylation sites is 1. The van der Waals surface area contributed by atoms with Crippen LogP contribution in [0.4, 0.5) is 23.1 Å². The van der Waals surface area contributed by atoms with Gasteiger partial charge in [0.1, 0.15) is 23.2 Å². The summed E-state index contributed by atoms with van der Waals surface area (Å²) in [6.07, 6.45) is 0.835. The van der Waals surface area contributed by atoms with Crippen LogP contribution in [0.3, 0.4) is 0 Å². The molecule has 0 spiro atoms. The Kier molecular flexibility index (Phi) is 5.45. The number of rotatable bonds is 5. The number of nitrogens with one attached hydrogen (secondary N) is 2.